The lowest BCUT2D eigenvalue weighted by Crippen LogP contribution is -2.44. The predicted molar refractivity (Wildman–Crippen MR) is 290 cm³/mol. The van der Waals surface area contributed by atoms with E-state index < -0.39 is 35.0 Å². The van der Waals surface area contributed by atoms with Gasteiger partial charge in [0.05, 0.1) is 71.1 Å². The van der Waals surface area contributed by atoms with Crippen LogP contribution in [0.4, 0.5) is 8.78 Å². The van der Waals surface area contributed by atoms with Crippen molar-refractivity contribution in [1.29, 1.82) is 0 Å². The van der Waals surface area contributed by atoms with Crippen LogP contribution in [0, 0.1) is 28.9 Å². The van der Waals surface area contributed by atoms with Gasteiger partial charge in [0.15, 0.2) is 0 Å². The first-order valence-corrected chi connectivity index (χ1v) is 27.2. The number of aliphatic carboxylic acids is 1. The summed E-state index contributed by atoms with van der Waals surface area (Å²) in [4.78, 5) is 74.1. The van der Waals surface area contributed by atoms with E-state index in [2.05, 4.69) is 5.32 Å². The number of nitrogens with one attached hydrogen (secondary N) is 1. The van der Waals surface area contributed by atoms with Crippen LogP contribution in [0.3, 0.4) is 0 Å². The molecule has 1 aliphatic heterocycles. The molecular weight excluding hydrogens is 991 g/mol. The van der Waals surface area contributed by atoms with E-state index in [0.29, 0.717) is 96.8 Å². The van der Waals surface area contributed by atoms with Gasteiger partial charge in [-0.1, -0.05) is 92.6 Å². The number of carbonyl (C=O) groups is 6. The van der Waals surface area contributed by atoms with E-state index >= 15 is 0 Å². The van der Waals surface area contributed by atoms with Crippen LogP contribution in [-0.4, -0.2) is 146 Å². The molecule has 0 bridgehead atoms. The molecule has 2 unspecified atom stereocenters. The highest BCUT2D eigenvalue weighted by molar-refractivity contribution is 7.99. The molecule has 0 saturated carbocycles. The summed E-state index contributed by atoms with van der Waals surface area (Å²) in [6.07, 6.45) is 2.89. The Kier molecular flexibility index (Phi) is 34.6. The molecule has 0 radical (unpaired) electrons. The Morgan fingerprint density at radius 3 is 2.00 bits per heavy atom. The number of amides is 5. The monoisotopic (exact) mass is 1080 g/mol. The lowest BCUT2D eigenvalue weighted by molar-refractivity contribution is -0.140. The van der Waals surface area contributed by atoms with Gasteiger partial charge in [-0.3, -0.25) is 33.7 Å². The molecule has 6 N–H and O–H groups in total. The van der Waals surface area contributed by atoms with Gasteiger partial charge >= 0.3 is 5.97 Å². The van der Waals surface area contributed by atoms with Gasteiger partial charge in [-0.2, -0.15) is 11.8 Å². The summed E-state index contributed by atoms with van der Waals surface area (Å²) in [5.41, 5.74) is 12.9. The van der Waals surface area contributed by atoms with Crippen molar-refractivity contribution in [2.24, 2.45) is 28.7 Å². The van der Waals surface area contributed by atoms with Gasteiger partial charge in [-0.25, -0.2) is 8.78 Å². The minimum absolute atomic E-state index is 0.0219. The number of likely N-dealkylation sites (tertiary alicyclic amines) is 1. The Bertz CT molecular complexity index is 2140. The van der Waals surface area contributed by atoms with Gasteiger partial charge in [0.1, 0.15) is 11.6 Å². The van der Waals surface area contributed by atoms with Crippen LogP contribution in [0.5, 0.6) is 0 Å². The second kappa shape index (κ2) is 38.3. The molecule has 20 heteroatoms. The van der Waals surface area contributed by atoms with Crippen LogP contribution < -0.4 is 16.8 Å². The van der Waals surface area contributed by atoms with Gasteiger partial charge < -0.3 is 50.3 Å². The van der Waals surface area contributed by atoms with Crippen molar-refractivity contribution in [2.45, 2.75) is 107 Å². The summed E-state index contributed by atoms with van der Waals surface area (Å²) in [7, 11) is 0. The number of carboxylic acid groups (broad SMARTS) is 1. The van der Waals surface area contributed by atoms with E-state index in [1.165, 1.54) is 22.7 Å². The predicted octanol–water partition coefficient (Wildman–Crippen LogP) is 7.47. The zero-order valence-electron chi connectivity index (χ0n) is 45.8. The van der Waals surface area contributed by atoms with Crippen molar-refractivity contribution in [3.05, 3.63) is 83.7 Å². The summed E-state index contributed by atoms with van der Waals surface area (Å²) < 4.78 is 52.2. The topological polar surface area (TPSA) is 235 Å². The number of carbonyl (C=O) groups excluding carboxylic acids is 5. The maximum Gasteiger partial charge on any atom is 0.304 e. The van der Waals surface area contributed by atoms with E-state index in [4.69, 9.17) is 35.5 Å². The van der Waals surface area contributed by atoms with Gasteiger partial charge in [-0.05, 0) is 54.1 Å². The molecule has 75 heavy (non-hydrogen) atoms. The third-order valence-corrected chi connectivity index (χ3v) is 12.2. The van der Waals surface area contributed by atoms with Crippen LogP contribution >= 0.6 is 11.8 Å². The van der Waals surface area contributed by atoms with Crippen molar-refractivity contribution < 1.29 is 61.6 Å². The summed E-state index contributed by atoms with van der Waals surface area (Å²) in [6.45, 7) is 22.8. The number of ether oxygens (including phenoxy) is 4. The SMILES string of the molecule is CC.CC.CC(C)(C)C(c1cc(-c2cc(F)ccc2F)cn1Cc1ccccc1)N(CCCN)C(=O)CSCCC(=O)O.CC(C)C1CC(=O)N(CCC(=O)NCCOCCOCCOCCOCCC(N)=O)C1=O. The zero-order valence-corrected chi connectivity index (χ0v) is 46.7. The number of hydrogen-bond acceptors (Lipinski definition) is 12. The summed E-state index contributed by atoms with van der Waals surface area (Å²) in [6, 6.07) is 14.6. The lowest BCUT2D eigenvalue weighted by Gasteiger charge is -2.41. The number of rotatable bonds is 32. The molecule has 2 heterocycles. The fraction of sp³-hybridized carbons (Fsp3) is 0.600. The van der Waals surface area contributed by atoms with Crippen molar-refractivity contribution in [2.75, 3.05) is 90.5 Å². The first-order chi connectivity index (χ1) is 35.8. The van der Waals surface area contributed by atoms with E-state index in [1.54, 1.807) is 0 Å². The number of nitrogens with two attached hydrogens (primary N) is 2. The molecule has 2 aromatic carbocycles. The number of aromatic nitrogens is 1. The molecule has 0 aliphatic carbocycles. The molecule has 1 aromatic heterocycles. The quantitative estimate of drug-likeness (QED) is 0.0351. The standard InChI is InChI=1S/C30H37F2N3O3S.C21H37N3O8.2C2H6/c1-30(2,3)29(35(14-7-13-33)27(36)20-39-15-12-28(37)38)26-16-22(24-17-23(31)10-11-25(24)32)19-34(26)18-21-8-5-4-6-9-21;1-16(2)17-15-20(27)24(21(17)28)6-3-19(26)23-5-8-30-10-12-32-14-13-31-11-9-29-7-4-18(22)25;2*1-2/h4-6,8-11,16-17,19,29H,7,12-15,18,20,33H2,1-3H3,(H,37,38);16-17H,3-15H2,1-2H3,(H2,22,25)(H,23,26);2*1-2H3. The number of benzene rings is 2. The molecular formula is C55H86F2N6O11S. The molecule has 0 spiro atoms. The van der Waals surface area contributed by atoms with E-state index in [0.717, 1.165) is 23.4 Å². The molecule has 3 aromatic rings. The average molecular weight is 1080 g/mol. The zero-order chi connectivity index (χ0) is 56.3. The molecule has 4 rings (SSSR count). The number of halogens is 2. The second-order valence-corrected chi connectivity index (χ2v) is 19.4. The van der Waals surface area contributed by atoms with Crippen molar-refractivity contribution >= 4 is 47.3 Å². The number of nitrogens with zero attached hydrogens (tertiary/aromatic N) is 3. The maximum absolute atomic E-state index is 14.8. The highest BCUT2D eigenvalue weighted by Gasteiger charge is 2.40. The van der Waals surface area contributed by atoms with Crippen LogP contribution in [0.15, 0.2) is 60.8 Å². The smallest absolute Gasteiger partial charge is 0.304 e. The van der Waals surface area contributed by atoms with Crippen LogP contribution in [0.1, 0.15) is 112 Å². The van der Waals surface area contributed by atoms with Crippen molar-refractivity contribution in [3.63, 3.8) is 0 Å². The third kappa shape index (κ3) is 26.4. The molecule has 2 atom stereocenters. The van der Waals surface area contributed by atoms with Gasteiger partial charge in [0, 0.05) is 80.1 Å². The normalized spacial score (nSPS) is 13.5. The third-order valence-electron chi connectivity index (χ3n) is 11.2. The Balaban J connectivity index is 0.000000716. The molecule has 5 amide bonds. The average Bonchev–Trinajstić information content (AvgIpc) is 3.91. The lowest BCUT2D eigenvalue weighted by atomic mass is 9.83. The number of hydrogen-bond donors (Lipinski definition) is 4. The number of carboxylic acids is 1. The molecule has 1 saturated heterocycles. The first-order valence-electron chi connectivity index (χ1n) is 26.0. The van der Waals surface area contributed by atoms with Crippen LogP contribution in [0.2, 0.25) is 0 Å². The van der Waals surface area contributed by atoms with Crippen molar-refractivity contribution in [1.82, 2.24) is 19.7 Å². The number of primary amides is 1. The summed E-state index contributed by atoms with van der Waals surface area (Å²) in [5, 5.41) is 11.7. The Morgan fingerprint density at radius 1 is 0.853 bits per heavy atom. The maximum atomic E-state index is 14.8. The Labute approximate surface area is 448 Å². The van der Waals surface area contributed by atoms with E-state index in [-0.39, 0.29) is 79.0 Å². The van der Waals surface area contributed by atoms with Gasteiger partial charge in [0.25, 0.3) is 0 Å². The van der Waals surface area contributed by atoms with Gasteiger partial charge in [0.2, 0.25) is 29.5 Å². The number of imide groups is 1. The minimum atomic E-state index is -0.904. The summed E-state index contributed by atoms with van der Waals surface area (Å²) in [5.74, 6) is -2.79. The number of thioether (sulfide) groups is 1. The fourth-order valence-electron chi connectivity index (χ4n) is 7.64. The molecule has 1 fully saturated rings. The first kappa shape index (κ1) is 67.8. The minimum Gasteiger partial charge on any atom is -0.481 e. The van der Waals surface area contributed by atoms with E-state index in [9.17, 15) is 37.5 Å². The van der Waals surface area contributed by atoms with E-state index in [1.807, 2.05) is 114 Å². The molecule has 1 aliphatic rings. The van der Waals surface area contributed by atoms with Crippen LogP contribution in [0.25, 0.3) is 11.1 Å². The fourth-order valence-corrected chi connectivity index (χ4v) is 8.44. The molecule has 422 valence electrons. The highest BCUT2D eigenvalue weighted by atomic mass is 32.2. The highest BCUT2D eigenvalue weighted by Crippen LogP contribution is 2.41. The largest absolute Gasteiger partial charge is 0.481 e. The molecule has 17 nitrogen and oxygen atoms in total. The second-order valence-electron chi connectivity index (χ2n) is 18.3. The van der Waals surface area contributed by atoms with Crippen molar-refractivity contribution in [3.8, 4) is 11.1 Å². The van der Waals surface area contributed by atoms with Crippen LogP contribution in [-0.2, 0) is 54.3 Å². The van der Waals surface area contributed by atoms with Gasteiger partial charge in [-0.15, -0.1) is 0 Å². The Hall–Kier alpha value is -5.25. The summed E-state index contributed by atoms with van der Waals surface area (Å²) >= 11 is 1.29. The Morgan fingerprint density at radius 2 is 1.45 bits per heavy atom.